The Balaban J connectivity index is 1.59. The molecular weight excluding hydrogens is 524 g/mol. The van der Waals surface area contributed by atoms with E-state index < -0.39 is 23.3 Å². The minimum atomic E-state index is -0.680. The number of nitrogens with one attached hydrogen (secondary N) is 1. The number of nitrogens with zero attached hydrogens (tertiary/aromatic N) is 2. The van der Waals surface area contributed by atoms with E-state index in [-0.39, 0.29) is 23.3 Å². The Morgan fingerprint density at radius 3 is 2.31 bits per heavy atom. The third kappa shape index (κ3) is 6.55. The summed E-state index contributed by atoms with van der Waals surface area (Å²) in [7, 11) is 1.37. The topological polar surface area (TPSA) is 91.7 Å². The lowest BCUT2D eigenvalue weighted by molar-refractivity contribution is 0.0474. The summed E-state index contributed by atoms with van der Waals surface area (Å²) >= 11 is 1.19. The fraction of sp³-hybridized carbons (Fsp3) is 0.345. The maximum absolute atomic E-state index is 14.6. The molecule has 204 valence electrons. The number of piperidine rings is 1. The van der Waals surface area contributed by atoms with E-state index in [1.165, 1.54) is 42.7 Å². The van der Waals surface area contributed by atoms with Crippen molar-refractivity contribution in [3.63, 3.8) is 0 Å². The number of hydrogen-bond donors (Lipinski definition) is 1. The molecule has 39 heavy (non-hydrogen) atoms. The van der Waals surface area contributed by atoms with Crippen LogP contribution in [0.2, 0.25) is 0 Å². The SMILES string of the molecule is COc1ccc(-c2sc(C(=O)N3CCC(NC(=O)OC(C)(C)C)CC3)cc2-c2ccc(C#N)c(F)c2)cc1F. The predicted molar refractivity (Wildman–Crippen MR) is 145 cm³/mol. The van der Waals surface area contributed by atoms with Gasteiger partial charge in [0.1, 0.15) is 17.5 Å². The van der Waals surface area contributed by atoms with Crippen molar-refractivity contribution >= 4 is 23.3 Å². The molecule has 1 aliphatic heterocycles. The van der Waals surface area contributed by atoms with Crippen LogP contribution in [0.15, 0.2) is 42.5 Å². The first-order chi connectivity index (χ1) is 18.5. The van der Waals surface area contributed by atoms with Gasteiger partial charge in [-0.3, -0.25) is 4.79 Å². The summed E-state index contributed by atoms with van der Waals surface area (Å²) in [5.41, 5.74) is 0.841. The van der Waals surface area contributed by atoms with Crippen molar-refractivity contribution in [1.82, 2.24) is 10.2 Å². The number of carbonyl (C=O) groups excluding carboxylic acids is 2. The number of halogens is 2. The lowest BCUT2D eigenvalue weighted by Gasteiger charge is -2.32. The molecule has 0 atom stereocenters. The van der Waals surface area contributed by atoms with E-state index in [0.29, 0.717) is 52.4 Å². The van der Waals surface area contributed by atoms with Gasteiger partial charge in [0.2, 0.25) is 0 Å². The lowest BCUT2D eigenvalue weighted by atomic mass is 10.0. The highest BCUT2D eigenvalue weighted by Crippen LogP contribution is 2.41. The van der Waals surface area contributed by atoms with Crippen LogP contribution in [-0.4, -0.2) is 48.7 Å². The number of rotatable bonds is 5. The predicted octanol–water partition coefficient (Wildman–Crippen LogP) is 6.37. The molecule has 0 saturated carbocycles. The molecule has 1 N–H and O–H groups in total. The molecule has 0 aliphatic carbocycles. The Hall–Kier alpha value is -3.97. The van der Waals surface area contributed by atoms with Gasteiger partial charge in [-0.15, -0.1) is 11.3 Å². The monoisotopic (exact) mass is 553 g/mol. The zero-order valence-corrected chi connectivity index (χ0v) is 23.0. The maximum Gasteiger partial charge on any atom is 0.407 e. The Bertz CT molecular complexity index is 1430. The highest BCUT2D eigenvalue weighted by molar-refractivity contribution is 7.18. The van der Waals surface area contributed by atoms with Crippen molar-refractivity contribution in [2.75, 3.05) is 20.2 Å². The molecule has 0 radical (unpaired) electrons. The highest BCUT2D eigenvalue weighted by atomic mass is 32.1. The second-order valence-electron chi connectivity index (χ2n) is 10.2. The maximum atomic E-state index is 14.6. The normalized spacial score (nSPS) is 14.0. The summed E-state index contributed by atoms with van der Waals surface area (Å²) in [6, 6.07) is 12.1. The van der Waals surface area contributed by atoms with E-state index in [1.54, 1.807) is 49.9 Å². The highest BCUT2D eigenvalue weighted by Gasteiger charge is 2.28. The second kappa shape index (κ2) is 11.4. The zero-order chi connectivity index (χ0) is 28.3. The number of carbonyl (C=O) groups is 2. The van der Waals surface area contributed by atoms with Crippen molar-refractivity contribution in [2.45, 2.75) is 45.3 Å². The van der Waals surface area contributed by atoms with Gasteiger partial charge in [-0.05, 0) is 81.1 Å². The Kier molecular flexibility index (Phi) is 8.21. The van der Waals surface area contributed by atoms with Crippen molar-refractivity contribution in [3.05, 3.63) is 64.5 Å². The molecular formula is C29H29F2N3O4S. The van der Waals surface area contributed by atoms with Crippen LogP contribution in [0.1, 0.15) is 48.8 Å². The number of benzene rings is 2. The quantitative estimate of drug-likeness (QED) is 0.396. The fourth-order valence-corrected chi connectivity index (χ4v) is 5.51. The molecule has 0 bridgehead atoms. The number of thiophene rings is 1. The van der Waals surface area contributed by atoms with Gasteiger partial charge in [-0.2, -0.15) is 5.26 Å². The second-order valence-corrected chi connectivity index (χ2v) is 11.3. The minimum absolute atomic E-state index is 0.0837. The van der Waals surface area contributed by atoms with Crippen LogP contribution >= 0.6 is 11.3 Å². The van der Waals surface area contributed by atoms with Crippen LogP contribution in [-0.2, 0) is 4.74 Å². The number of nitriles is 1. The van der Waals surface area contributed by atoms with Crippen LogP contribution in [0.25, 0.3) is 21.6 Å². The number of likely N-dealkylation sites (tertiary alicyclic amines) is 1. The Labute approximate surface area is 230 Å². The van der Waals surface area contributed by atoms with Gasteiger partial charge in [0.25, 0.3) is 5.91 Å². The molecule has 0 spiro atoms. The molecule has 3 aromatic rings. The van der Waals surface area contributed by atoms with Crippen molar-refractivity contribution in [3.8, 4) is 33.4 Å². The van der Waals surface area contributed by atoms with E-state index in [4.69, 9.17) is 14.7 Å². The van der Waals surface area contributed by atoms with E-state index in [9.17, 15) is 18.4 Å². The summed E-state index contributed by atoms with van der Waals surface area (Å²) in [5, 5.41) is 12.0. The van der Waals surface area contributed by atoms with Gasteiger partial charge in [0.05, 0.1) is 17.6 Å². The lowest BCUT2D eigenvalue weighted by Crippen LogP contribution is -2.47. The third-order valence-corrected chi connectivity index (χ3v) is 7.43. The molecule has 1 aliphatic rings. The number of alkyl carbamates (subject to hydrolysis) is 1. The third-order valence-electron chi connectivity index (χ3n) is 6.26. The molecule has 2 aromatic carbocycles. The van der Waals surface area contributed by atoms with E-state index in [2.05, 4.69) is 5.32 Å². The molecule has 0 unspecified atom stereocenters. The van der Waals surface area contributed by atoms with E-state index in [0.717, 1.165) is 0 Å². The van der Waals surface area contributed by atoms with Crippen molar-refractivity contribution < 1.29 is 27.8 Å². The van der Waals surface area contributed by atoms with Gasteiger partial charge in [0, 0.05) is 29.6 Å². The van der Waals surface area contributed by atoms with Gasteiger partial charge in [0.15, 0.2) is 11.6 Å². The number of amides is 2. The van der Waals surface area contributed by atoms with Crippen LogP contribution in [0.4, 0.5) is 13.6 Å². The first kappa shape index (κ1) is 28.0. The van der Waals surface area contributed by atoms with Crippen LogP contribution in [0, 0.1) is 23.0 Å². The van der Waals surface area contributed by atoms with Gasteiger partial charge < -0.3 is 19.7 Å². The number of methoxy groups -OCH3 is 1. The fourth-order valence-electron chi connectivity index (χ4n) is 4.36. The van der Waals surface area contributed by atoms with Crippen molar-refractivity contribution in [1.29, 1.82) is 5.26 Å². The smallest absolute Gasteiger partial charge is 0.407 e. The summed E-state index contributed by atoms with van der Waals surface area (Å²) in [5.74, 6) is -1.36. The summed E-state index contributed by atoms with van der Waals surface area (Å²) in [4.78, 5) is 28.3. The van der Waals surface area contributed by atoms with Gasteiger partial charge in [-0.25, -0.2) is 13.6 Å². The Morgan fingerprint density at radius 2 is 1.72 bits per heavy atom. The molecule has 1 aromatic heterocycles. The van der Waals surface area contributed by atoms with Crippen LogP contribution in [0.3, 0.4) is 0 Å². The minimum Gasteiger partial charge on any atom is -0.494 e. The average molecular weight is 554 g/mol. The number of ether oxygens (including phenoxy) is 2. The first-order valence-corrected chi connectivity index (χ1v) is 13.3. The molecule has 2 amide bonds. The molecule has 4 rings (SSSR count). The largest absolute Gasteiger partial charge is 0.494 e. The zero-order valence-electron chi connectivity index (χ0n) is 22.1. The molecule has 1 fully saturated rings. The average Bonchev–Trinajstić information content (AvgIpc) is 3.33. The number of hydrogen-bond acceptors (Lipinski definition) is 6. The van der Waals surface area contributed by atoms with Crippen molar-refractivity contribution in [2.24, 2.45) is 0 Å². The molecule has 1 saturated heterocycles. The standard InChI is InChI=1S/C29H29F2N3O4S/c1-29(2,3)38-28(36)33-20-9-11-34(12-10-20)27(35)25-15-21(17-5-6-19(16-32)22(30)13-17)26(39-25)18-7-8-24(37-4)23(31)14-18/h5-8,13-15,20H,9-12H2,1-4H3,(H,33,36). The van der Waals surface area contributed by atoms with Gasteiger partial charge in [-0.1, -0.05) is 6.07 Å². The van der Waals surface area contributed by atoms with Crippen LogP contribution < -0.4 is 10.1 Å². The summed E-state index contributed by atoms with van der Waals surface area (Å²) < 4.78 is 39.4. The molecule has 2 heterocycles. The van der Waals surface area contributed by atoms with Crippen LogP contribution in [0.5, 0.6) is 5.75 Å². The Morgan fingerprint density at radius 1 is 1.05 bits per heavy atom. The van der Waals surface area contributed by atoms with E-state index >= 15 is 0 Å². The first-order valence-electron chi connectivity index (χ1n) is 12.5. The molecule has 7 nitrogen and oxygen atoms in total. The van der Waals surface area contributed by atoms with E-state index in [1.807, 2.05) is 0 Å². The summed E-state index contributed by atoms with van der Waals surface area (Å²) in [6.45, 7) is 6.26. The van der Waals surface area contributed by atoms with Gasteiger partial charge >= 0.3 is 6.09 Å². The summed E-state index contributed by atoms with van der Waals surface area (Å²) in [6.07, 6.45) is 0.655. The molecule has 10 heteroatoms.